The van der Waals surface area contributed by atoms with Crippen LogP contribution in [0, 0.1) is 0 Å². The zero-order valence-electron chi connectivity index (χ0n) is 19.2. The fourth-order valence-corrected chi connectivity index (χ4v) is 4.01. The molecule has 178 valence electrons. The van der Waals surface area contributed by atoms with Crippen LogP contribution < -0.4 is 14.8 Å². The normalized spacial score (nSPS) is 15.7. The number of carbonyl (C=O) groups excluding carboxylic acids is 1. The Balaban J connectivity index is 1.50. The fourth-order valence-electron chi connectivity index (χ4n) is 4.01. The van der Waals surface area contributed by atoms with Crippen LogP contribution in [-0.2, 0) is 11.3 Å². The van der Waals surface area contributed by atoms with Crippen LogP contribution >= 0.6 is 0 Å². The molecular weight excluding hydrogens is 430 g/mol. The van der Waals surface area contributed by atoms with Crippen LogP contribution in [0.4, 0.5) is 0 Å². The van der Waals surface area contributed by atoms with E-state index >= 15 is 0 Å². The summed E-state index contributed by atoms with van der Waals surface area (Å²) in [4.78, 5) is 19.5. The molecule has 0 fully saturated rings. The zero-order valence-corrected chi connectivity index (χ0v) is 19.2. The standard InChI is InChI=1S/C27H31N3O4/c31-20-23(21-10-3-1-4-11-21)29-26(32)19-30-16-7-2-8-17-33-24-13-5-6-14-25(24)34-27-22(18-30)12-9-15-28-27/h1,3-6,9-15,23,31H,2,7-8,16-20H2,(H,29,32)/t23-/m1/s1. The molecule has 1 amide bonds. The molecule has 0 saturated heterocycles. The predicted molar refractivity (Wildman–Crippen MR) is 130 cm³/mol. The minimum atomic E-state index is -0.435. The maximum atomic E-state index is 12.9. The minimum absolute atomic E-state index is 0.132. The number of rotatable bonds is 5. The number of fused-ring (bicyclic) bond motifs is 2. The Morgan fingerprint density at radius 2 is 1.79 bits per heavy atom. The van der Waals surface area contributed by atoms with Crippen LogP contribution in [0.3, 0.4) is 0 Å². The number of aliphatic hydroxyl groups is 1. The number of nitrogens with zero attached hydrogens (tertiary/aromatic N) is 2. The molecule has 0 unspecified atom stereocenters. The van der Waals surface area contributed by atoms with E-state index in [9.17, 15) is 9.90 Å². The molecule has 2 heterocycles. The second kappa shape index (κ2) is 12.2. The summed E-state index contributed by atoms with van der Waals surface area (Å²) in [5, 5.41) is 12.8. The monoisotopic (exact) mass is 461 g/mol. The van der Waals surface area contributed by atoms with Crippen LogP contribution in [0.15, 0.2) is 72.9 Å². The van der Waals surface area contributed by atoms with Gasteiger partial charge in [0.1, 0.15) is 0 Å². The quantitative estimate of drug-likeness (QED) is 0.596. The Morgan fingerprint density at radius 1 is 1.00 bits per heavy atom. The number of hydrogen-bond donors (Lipinski definition) is 2. The van der Waals surface area contributed by atoms with Crippen molar-refractivity contribution in [1.29, 1.82) is 0 Å². The number of aromatic nitrogens is 1. The van der Waals surface area contributed by atoms with Gasteiger partial charge in [-0.2, -0.15) is 0 Å². The smallest absolute Gasteiger partial charge is 0.234 e. The Morgan fingerprint density at radius 3 is 2.62 bits per heavy atom. The van der Waals surface area contributed by atoms with Gasteiger partial charge in [0.15, 0.2) is 11.5 Å². The molecule has 34 heavy (non-hydrogen) atoms. The van der Waals surface area contributed by atoms with Crippen molar-refractivity contribution in [2.45, 2.75) is 31.8 Å². The molecule has 1 aliphatic heterocycles. The molecular formula is C27H31N3O4. The van der Waals surface area contributed by atoms with E-state index in [0.717, 1.165) is 36.9 Å². The number of para-hydroxylation sites is 2. The third-order valence-corrected chi connectivity index (χ3v) is 5.76. The highest BCUT2D eigenvalue weighted by Gasteiger charge is 2.19. The van der Waals surface area contributed by atoms with Crippen molar-refractivity contribution >= 4 is 5.91 Å². The highest BCUT2D eigenvalue weighted by molar-refractivity contribution is 5.78. The van der Waals surface area contributed by atoms with E-state index in [2.05, 4.69) is 15.2 Å². The summed E-state index contributed by atoms with van der Waals surface area (Å²) in [6, 6.07) is 20.5. The molecule has 7 heteroatoms. The van der Waals surface area contributed by atoms with Gasteiger partial charge in [0.2, 0.25) is 11.8 Å². The van der Waals surface area contributed by atoms with Gasteiger partial charge in [0, 0.05) is 18.3 Å². The van der Waals surface area contributed by atoms with Crippen molar-refractivity contribution < 1.29 is 19.4 Å². The van der Waals surface area contributed by atoms with Crippen molar-refractivity contribution in [2.75, 3.05) is 26.3 Å². The van der Waals surface area contributed by atoms with E-state index in [1.807, 2.05) is 66.7 Å². The lowest BCUT2D eigenvalue weighted by Crippen LogP contribution is -2.40. The van der Waals surface area contributed by atoms with E-state index < -0.39 is 6.04 Å². The number of nitrogens with one attached hydrogen (secondary N) is 1. The van der Waals surface area contributed by atoms with Crippen LogP contribution in [0.5, 0.6) is 17.4 Å². The lowest BCUT2D eigenvalue weighted by Gasteiger charge is -2.24. The average Bonchev–Trinajstić information content (AvgIpc) is 2.88. The van der Waals surface area contributed by atoms with Gasteiger partial charge in [0.05, 0.1) is 25.8 Å². The van der Waals surface area contributed by atoms with E-state index in [1.54, 1.807) is 6.20 Å². The summed E-state index contributed by atoms with van der Waals surface area (Å²) in [5.41, 5.74) is 1.77. The van der Waals surface area contributed by atoms with E-state index in [1.165, 1.54) is 0 Å². The number of carbonyl (C=O) groups is 1. The van der Waals surface area contributed by atoms with E-state index in [0.29, 0.717) is 30.5 Å². The average molecular weight is 462 g/mol. The topological polar surface area (TPSA) is 83.9 Å². The second-order valence-corrected chi connectivity index (χ2v) is 8.35. The van der Waals surface area contributed by atoms with E-state index in [4.69, 9.17) is 9.47 Å². The molecule has 2 aromatic carbocycles. The summed E-state index contributed by atoms with van der Waals surface area (Å²) >= 11 is 0. The molecule has 1 atom stereocenters. The van der Waals surface area contributed by atoms with Crippen LogP contribution in [-0.4, -0.2) is 47.2 Å². The zero-order chi connectivity index (χ0) is 23.6. The van der Waals surface area contributed by atoms with Crippen molar-refractivity contribution in [3.05, 3.63) is 84.1 Å². The minimum Gasteiger partial charge on any atom is -0.490 e. The molecule has 2 N–H and O–H groups in total. The fraction of sp³-hybridized carbons (Fsp3) is 0.333. The van der Waals surface area contributed by atoms with Crippen molar-refractivity contribution in [2.24, 2.45) is 0 Å². The van der Waals surface area contributed by atoms with Gasteiger partial charge in [-0.05, 0) is 49.6 Å². The lowest BCUT2D eigenvalue weighted by molar-refractivity contribution is -0.123. The first-order chi connectivity index (χ1) is 16.7. The van der Waals surface area contributed by atoms with Crippen LogP contribution in [0.25, 0.3) is 0 Å². The molecule has 3 aromatic rings. The van der Waals surface area contributed by atoms with Gasteiger partial charge in [-0.1, -0.05) is 48.5 Å². The third kappa shape index (κ3) is 6.56. The molecule has 4 rings (SSSR count). The predicted octanol–water partition coefficient (Wildman–Crippen LogP) is 4.09. The first-order valence-electron chi connectivity index (χ1n) is 11.7. The van der Waals surface area contributed by atoms with Gasteiger partial charge >= 0.3 is 0 Å². The highest BCUT2D eigenvalue weighted by atomic mass is 16.5. The molecule has 0 saturated carbocycles. The van der Waals surface area contributed by atoms with Crippen molar-refractivity contribution in [3.8, 4) is 17.4 Å². The van der Waals surface area contributed by atoms with Crippen molar-refractivity contribution in [3.63, 3.8) is 0 Å². The maximum absolute atomic E-state index is 12.9. The lowest BCUT2D eigenvalue weighted by atomic mass is 10.1. The summed E-state index contributed by atoms with van der Waals surface area (Å²) in [6.07, 6.45) is 4.55. The number of benzene rings is 2. The summed E-state index contributed by atoms with van der Waals surface area (Å²) < 4.78 is 12.1. The SMILES string of the molecule is O=C(CN1CCCCCOc2ccccc2Oc2ncccc2C1)N[C@H](CO)c1ccccc1. The molecule has 1 aromatic heterocycles. The maximum Gasteiger partial charge on any atom is 0.234 e. The number of pyridine rings is 1. The molecule has 7 nitrogen and oxygen atoms in total. The van der Waals surface area contributed by atoms with Gasteiger partial charge in [0.25, 0.3) is 0 Å². The van der Waals surface area contributed by atoms with Crippen molar-refractivity contribution in [1.82, 2.24) is 15.2 Å². The number of amides is 1. The molecule has 0 aliphatic carbocycles. The third-order valence-electron chi connectivity index (χ3n) is 5.76. The Bertz CT molecular complexity index is 1060. The van der Waals surface area contributed by atoms with Crippen LogP contribution in [0.1, 0.15) is 36.4 Å². The van der Waals surface area contributed by atoms with E-state index in [-0.39, 0.29) is 19.1 Å². The van der Waals surface area contributed by atoms with Gasteiger partial charge < -0.3 is 19.9 Å². The summed E-state index contributed by atoms with van der Waals surface area (Å²) in [5.74, 6) is 1.69. The second-order valence-electron chi connectivity index (χ2n) is 8.35. The Hall–Kier alpha value is -3.42. The van der Waals surface area contributed by atoms with Gasteiger partial charge in [-0.3, -0.25) is 9.69 Å². The molecule has 0 radical (unpaired) electrons. The molecule has 0 spiro atoms. The first-order valence-corrected chi connectivity index (χ1v) is 11.7. The number of hydrogen-bond acceptors (Lipinski definition) is 6. The first kappa shape index (κ1) is 23.7. The number of ether oxygens (including phenoxy) is 2. The highest BCUT2D eigenvalue weighted by Crippen LogP contribution is 2.32. The van der Waals surface area contributed by atoms with Gasteiger partial charge in [-0.15, -0.1) is 0 Å². The Labute approximate surface area is 200 Å². The molecule has 1 aliphatic rings. The number of aliphatic hydroxyl groups excluding tert-OH is 1. The summed E-state index contributed by atoms with van der Waals surface area (Å²) in [7, 11) is 0. The largest absolute Gasteiger partial charge is 0.490 e. The van der Waals surface area contributed by atoms with Crippen LogP contribution in [0.2, 0.25) is 0 Å². The molecule has 0 bridgehead atoms. The van der Waals surface area contributed by atoms with Gasteiger partial charge in [-0.25, -0.2) is 4.98 Å². The summed E-state index contributed by atoms with van der Waals surface area (Å²) in [6.45, 7) is 1.93. The Kier molecular flexibility index (Phi) is 8.48.